The zero-order valence-corrected chi connectivity index (χ0v) is 34.6. The third kappa shape index (κ3) is 39.5. The Hall–Kier alpha value is -2.03. The molecule has 0 saturated heterocycles. The van der Waals surface area contributed by atoms with E-state index in [4.69, 9.17) is 24.3 Å². The Kier molecular flexibility index (Phi) is 38.1. The number of ether oxygens (including phenoxy) is 2. The molecule has 0 rings (SSSR count). The molecule has 10 heteroatoms. The Morgan fingerprint density at radius 3 is 1.43 bits per heavy atom. The van der Waals surface area contributed by atoms with Crippen molar-refractivity contribution in [1.29, 1.82) is 0 Å². The third-order valence-electron chi connectivity index (χ3n) is 8.69. The maximum Gasteiger partial charge on any atom is 0.472 e. The highest BCUT2D eigenvalue weighted by molar-refractivity contribution is 7.47. The number of carbonyl (C=O) groups excluding carboxylic acids is 2. The summed E-state index contributed by atoms with van der Waals surface area (Å²) >= 11 is 0. The molecule has 0 fully saturated rings. The van der Waals surface area contributed by atoms with Gasteiger partial charge in [0.05, 0.1) is 13.2 Å². The number of phosphoric ester groups is 1. The summed E-state index contributed by atoms with van der Waals surface area (Å²) in [4.78, 5) is 34.8. The molecule has 2 atom stereocenters. The predicted octanol–water partition coefficient (Wildman–Crippen LogP) is 11.9. The van der Waals surface area contributed by atoms with Crippen LogP contribution in [0, 0.1) is 0 Å². The quantitative estimate of drug-likeness (QED) is 0.0271. The Labute approximate surface area is 324 Å². The maximum atomic E-state index is 12.6. The molecule has 3 N–H and O–H groups in total. The average Bonchev–Trinajstić information content (AvgIpc) is 3.14. The van der Waals surface area contributed by atoms with E-state index in [1.165, 1.54) is 70.6 Å². The van der Waals surface area contributed by atoms with Gasteiger partial charge in [0.15, 0.2) is 6.10 Å². The van der Waals surface area contributed by atoms with Crippen LogP contribution in [0.15, 0.2) is 48.6 Å². The molecule has 0 aromatic rings. The molecule has 0 aromatic heterocycles. The highest BCUT2D eigenvalue weighted by Gasteiger charge is 2.26. The molecule has 0 aliphatic rings. The van der Waals surface area contributed by atoms with Gasteiger partial charge in [-0.3, -0.25) is 18.6 Å². The Bertz CT molecular complexity index is 1010. The van der Waals surface area contributed by atoms with Gasteiger partial charge in [0, 0.05) is 19.4 Å². The van der Waals surface area contributed by atoms with Crippen molar-refractivity contribution < 1.29 is 37.6 Å². The number of esters is 2. The van der Waals surface area contributed by atoms with Gasteiger partial charge in [-0.05, 0) is 77.0 Å². The van der Waals surface area contributed by atoms with E-state index in [2.05, 4.69) is 62.5 Å². The lowest BCUT2D eigenvalue weighted by molar-refractivity contribution is -0.161. The Morgan fingerprint density at radius 2 is 0.981 bits per heavy atom. The van der Waals surface area contributed by atoms with Crippen molar-refractivity contribution in [2.24, 2.45) is 5.73 Å². The van der Waals surface area contributed by atoms with E-state index >= 15 is 0 Å². The van der Waals surface area contributed by atoms with E-state index in [1.807, 2.05) is 0 Å². The maximum absolute atomic E-state index is 12.6. The van der Waals surface area contributed by atoms with E-state index in [0.29, 0.717) is 6.42 Å². The van der Waals surface area contributed by atoms with Crippen LogP contribution >= 0.6 is 7.82 Å². The summed E-state index contributed by atoms with van der Waals surface area (Å²) in [6.45, 7) is 3.65. The zero-order valence-electron chi connectivity index (χ0n) is 33.7. The van der Waals surface area contributed by atoms with Crippen molar-refractivity contribution in [3.63, 3.8) is 0 Å². The highest BCUT2D eigenvalue weighted by Crippen LogP contribution is 2.43. The summed E-state index contributed by atoms with van der Waals surface area (Å²) < 4.78 is 32.7. The van der Waals surface area contributed by atoms with Crippen LogP contribution in [0.2, 0.25) is 0 Å². The molecule has 0 heterocycles. The molecule has 1 unspecified atom stereocenters. The third-order valence-corrected chi connectivity index (χ3v) is 9.67. The molecule has 0 aromatic carbocycles. The highest BCUT2D eigenvalue weighted by atomic mass is 31.2. The number of nitrogens with two attached hydrogens (primary N) is 1. The van der Waals surface area contributed by atoms with E-state index < -0.39 is 32.5 Å². The predicted molar refractivity (Wildman–Crippen MR) is 220 cm³/mol. The number of phosphoric acid groups is 1. The van der Waals surface area contributed by atoms with Crippen LogP contribution < -0.4 is 5.73 Å². The van der Waals surface area contributed by atoms with Gasteiger partial charge in [0.1, 0.15) is 6.61 Å². The van der Waals surface area contributed by atoms with Gasteiger partial charge in [0.25, 0.3) is 0 Å². The number of allylic oxidation sites excluding steroid dienone is 8. The van der Waals surface area contributed by atoms with Crippen molar-refractivity contribution in [2.75, 3.05) is 26.4 Å². The second kappa shape index (κ2) is 39.7. The van der Waals surface area contributed by atoms with Gasteiger partial charge in [-0.15, -0.1) is 0 Å². The summed E-state index contributed by atoms with van der Waals surface area (Å²) in [5.74, 6) is -0.855. The molecule has 9 nitrogen and oxygen atoms in total. The van der Waals surface area contributed by atoms with E-state index in [9.17, 15) is 19.0 Å². The lowest BCUT2D eigenvalue weighted by atomic mass is 10.1. The van der Waals surface area contributed by atoms with Gasteiger partial charge in [-0.1, -0.05) is 140 Å². The van der Waals surface area contributed by atoms with Crippen molar-refractivity contribution >= 4 is 19.8 Å². The first-order valence-corrected chi connectivity index (χ1v) is 22.6. The molecular weight excluding hydrogens is 689 g/mol. The largest absolute Gasteiger partial charge is 0.472 e. The first kappa shape index (κ1) is 51.0. The number of rotatable bonds is 39. The Balaban J connectivity index is 4.20. The topological polar surface area (TPSA) is 134 Å². The smallest absolute Gasteiger partial charge is 0.462 e. The lowest BCUT2D eigenvalue weighted by Crippen LogP contribution is -2.29. The van der Waals surface area contributed by atoms with Crippen LogP contribution in [0.5, 0.6) is 0 Å². The molecule has 0 spiro atoms. The first-order valence-electron chi connectivity index (χ1n) is 21.1. The number of hydrogen-bond acceptors (Lipinski definition) is 8. The van der Waals surface area contributed by atoms with Crippen LogP contribution in [0.4, 0.5) is 0 Å². The molecule has 0 aliphatic carbocycles. The zero-order chi connectivity index (χ0) is 38.9. The normalized spacial score (nSPS) is 13.8. The summed E-state index contributed by atoms with van der Waals surface area (Å²) in [7, 11) is -4.38. The Morgan fingerprint density at radius 1 is 0.566 bits per heavy atom. The van der Waals surface area contributed by atoms with Crippen molar-refractivity contribution in [1.82, 2.24) is 0 Å². The molecule has 0 bridgehead atoms. The van der Waals surface area contributed by atoms with Gasteiger partial charge >= 0.3 is 19.8 Å². The van der Waals surface area contributed by atoms with Crippen molar-refractivity contribution in [3.05, 3.63) is 48.6 Å². The minimum absolute atomic E-state index is 0.0483. The van der Waals surface area contributed by atoms with Gasteiger partial charge in [-0.2, -0.15) is 0 Å². The summed E-state index contributed by atoms with van der Waals surface area (Å²) in [5.41, 5.74) is 5.34. The minimum atomic E-state index is -4.38. The average molecular weight is 768 g/mol. The van der Waals surface area contributed by atoms with Gasteiger partial charge < -0.3 is 20.1 Å². The monoisotopic (exact) mass is 768 g/mol. The fourth-order valence-electron chi connectivity index (χ4n) is 5.52. The van der Waals surface area contributed by atoms with E-state index in [-0.39, 0.29) is 32.6 Å². The fourth-order valence-corrected chi connectivity index (χ4v) is 6.28. The minimum Gasteiger partial charge on any atom is -0.462 e. The second-order valence-corrected chi connectivity index (χ2v) is 15.3. The van der Waals surface area contributed by atoms with Crippen LogP contribution in [0.3, 0.4) is 0 Å². The van der Waals surface area contributed by atoms with Crippen molar-refractivity contribution in [2.45, 2.75) is 187 Å². The second-order valence-electron chi connectivity index (χ2n) is 13.8. The fraction of sp³-hybridized carbons (Fsp3) is 0.767. The van der Waals surface area contributed by atoms with Crippen LogP contribution in [0.1, 0.15) is 181 Å². The lowest BCUT2D eigenvalue weighted by Gasteiger charge is -2.19. The van der Waals surface area contributed by atoms with E-state index in [1.54, 1.807) is 0 Å². The number of hydrogen-bond donors (Lipinski definition) is 2. The number of unbranched alkanes of at least 4 members (excludes halogenated alkanes) is 18. The number of carbonyl (C=O) groups is 2. The molecule has 0 amide bonds. The summed E-state index contributed by atoms with van der Waals surface area (Å²) in [6, 6.07) is 0. The molecular formula is C43H78NO8P. The molecule has 0 radical (unpaired) electrons. The molecule has 0 aliphatic heterocycles. The SMILES string of the molecule is CCCCC/C=C\C/C=C\CCCCCCCCCC(=O)OC[C@H](COP(=O)(O)OCCN)OC(=O)CCCCCCC/C=C\C/C=C\CCCCC. The summed E-state index contributed by atoms with van der Waals surface area (Å²) in [5, 5.41) is 0. The van der Waals surface area contributed by atoms with Crippen LogP contribution in [0.25, 0.3) is 0 Å². The van der Waals surface area contributed by atoms with Crippen LogP contribution in [-0.4, -0.2) is 49.3 Å². The molecule has 308 valence electrons. The van der Waals surface area contributed by atoms with Crippen LogP contribution in [-0.2, 0) is 32.7 Å². The first-order chi connectivity index (χ1) is 25.8. The van der Waals surface area contributed by atoms with Crippen molar-refractivity contribution in [3.8, 4) is 0 Å². The summed E-state index contributed by atoms with van der Waals surface area (Å²) in [6.07, 6.45) is 44.2. The standard InChI is InChI=1S/C43H78NO8P/c1-3-5-7-9-11-13-15-17-19-20-22-23-25-27-29-31-33-35-42(45)49-39-41(40-51-53(47,48)50-38-37-44)52-43(46)36-34-32-30-28-26-24-21-18-16-14-12-10-8-6-4-2/h11-14,17-19,21,41H,3-10,15-16,20,22-40,44H2,1-2H3,(H,47,48)/b13-11-,14-12-,19-17-,21-18-/t41-/m1/s1. The molecule has 0 saturated carbocycles. The van der Waals surface area contributed by atoms with Gasteiger partial charge in [0.2, 0.25) is 0 Å². The van der Waals surface area contributed by atoms with Gasteiger partial charge in [-0.25, -0.2) is 4.57 Å². The molecule has 53 heavy (non-hydrogen) atoms. The van der Waals surface area contributed by atoms with E-state index in [0.717, 1.165) is 77.0 Å².